The zero-order valence-electron chi connectivity index (χ0n) is 14.7. The molecule has 3 rings (SSSR count). The van der Waals surface area contributed by atoms with Crippen LogP contribution in [-0.2, 0) is 4.43 Å². The normalized spacial score (nSPS) is 10.9. The smallest absolute Gasteiger partial charge is 0.163 e. The average Bonchev–Trinajstić information content (AvgIpc) is 2.72. The van der Waals surface area contributed by atoms with Crippen molar-refractivity contribution in [3.05, 3.63) is 48.0 Å². The van der Waals surface area contributed by atoms with Crippen molar-refractivity contribution in [2.45, 2.75) is 4.43 Å². The highest BCUT2D eigenvalue weighted by Gasteiger charge is 2.13. The Morgan fingerprint density at radius 3 is 2.39 bits per heavy atom. The van der Waals surface area contributed by atoms with Crippen LogP contribution in [-0.4, -0.2) is 33.8 Å². The molecule has 0 atom stereocenters. The standard InChI is InChI=1S/C19H17Br2FIN3O2/c20-3-5-27-17-8-14-16(9-18(17)28-6-4-21)24-11-25-19(14)26-13-1-2-15(22)12(7-13)10-23/h1-2,7-9,11H,3-6,10H2,(H,24,25,26). The molecule has 1 heterocycles. The first kappa shape index (κ1) is 21.5. The lowest BCUT2D eigenvalue weighted by Gasteiger charge is -2.15. The monoisotopic (exact) mass is 623 g/mol. The second-order valence-corrected chi connectivity index (χ2v) is 8.03. The molecule has 5 nitrogen and oxygen atoms in total. The van der Waals surface area contributed by atoms with Crippen LogP contribution >= 0.6 is 54.5 Å². The van der Waals surface area contributed by atoms with E-state index in [4.69, 9.17) is 9.47 Å². The first-order chi connectivity index (χ1) is 13.7. The summed E-state index contributed by atoms with van der Waals surface area (Å²) in [5, 5.41) is 5.46. The van der Waals surface area contributed by atoms with Gasteiger partial charge in [-0.25, -0.2) is 14.4 Å². The number of nitrogens with one attached hydrogen (secondary N) is 1. The summed E-state index contributed by atoms with van der Waals surface area (Å²) in [6.45, 7) is 1.02. The van der Waals surface area contributed by atoms with Crippen LogP contribution in [0.15, 0.2) is 36.7 Å². The third-order valence-corrected chi connectivity index (χ3v) is 5.29. The van der Waals surface area contributed by atoms with Crippen molar-refractivity contribution in [2.75, 3.05) is 29.2 Å². The van der Waals surface area contributed by atoms with E-state index in [2.05, 4.69) is 69.7 Å². The van der Waals surface area contributed by atoms with Gasteiger partial charge in [0.1, 0.15) is 18.0 Å². The zero-order valence-corrected chi connectivity index (χ0v) is 20.1. The molecular formula is C19H17Br2FIN3O2. The summed E-state index contributed by atoms with van der Waals surface area (Å²) in [7, 11) is 0. The molecule has 0 bridgehead atoms. The Hall–Kier alpha value is -1.20. The van der Waals surface area contributed by atoms with Crippen LogP contribution in [0.25, 0.3) is 10.9 Å². The average molecular weight is 625 g/mol. The highest BCUT2D eigenvalue weighted by atomic mass is 127. The molecule has 0 saturated carbocycles. The molecule has 0 spiro atoms. The van der Waals surface area contributed by atoms with Gasteiger partial charge < -0.3 is 14.8 Å². The van der Waals surface area contributed by atoms with E-state index in [-0.39, 0.29) is 5.82 Å². The molecule has 0 amide bonds. The maximum Gasteiger partial charge on any atom is 0.163 e. The molecule has 0 aliphatic carbocycles. The summed E-state index contributed by atoms with van der Waals surface area (Å²) in [6, 6.07) is 8.64. The van der Waals surface area contributed by atoms with Gasteiger partial charge in [0.05, 0.1) is 18.7 Å². The van der Waals surface area contributed by atoms with Crippen LogP contribution in [0.2, 0.25) is 0 Å². The number of aromatic nitrogens is 2. The van der Waals surface area contributed by atoms with Crippen molar-refractivity contribution in [2.24, 2.45) is 0 Å². The van der Waals surface area contributed by atoms with E-state index in [1.807, 2.05) is 12.1 Å². The molecule has 0 fully saturated rings. The summed E-state index contributed by atoms with van der Waals surface area (Å²) in [6.07, 6.45) is 1.49. The Balaban J connectivity index is 2.00. The fraction of sp³-hybridized carbons (Fsp3) is 0.263. The molecule has 0 unspecified atom stereocenters. The number of ether oxygens (including phenoxy) is 2. The quantitative estimate of drug-likeness (QED) is 0.234. The molecule has 9 heteroatoms. The van der Waals surface area contributed by atoms with Crippen molar-refractivity contribution in [1.29, 1.82) is 0 Å². The van der Waals surface area contributed by atoms with E-state index in [0.29, 0.717) is 51.2 Å². The maximum atomic E-state index is 13.8. The lowest BCUT2D eigenvalue weighted by molar-refractivity contribution is 0.292. The molecule has 28 heavy (non-hydrogen) atoms. The second kappa shape index (κ2) is 10.5. The molecule has 2 aromatic carbocycles. The van der Waals surface area contributed by atoms with E-state index in [1.165, 1.54) is 12.4 Å². The third-order valence-electron chi connectivity index (χ3n) is 3.82. The van der Waals surface area contributed by atoms with Crippen LogP contribution in [0.5, 0.6) is 11.5 Å². The van der Waals surface area contributed by atoms with Crippen LogP contribution in [0.4, 0.5) is 15.9 Å². The molecule has 0 aliphatic heterocycles. The first-order valence-corrected chi connectivity index (χ1v) is 12.2. The molecule has 1 aromatic heterocycles. The van der Waals surface area contributed by atoms with Gasteiger partial charge in [-0.15, -0.1) is 0 Å². The van der Waals surface area contributed by atoms with E-state index in [0.717, 1.165) is 16.6 Å². The van der Waals surface area contributed by atoms with Gasteiger partial charge in [-0.3, -0.25) is 0 Å². The number of fused-ring (bicyclic) bond motifs is 1. The number of alkyl halides is 3. The number of hydrogen-bond donors (Lipinski definition) is 1. The van der Waals surface area contributed by atoms with Gasteiger partial charge in [-0.05, 0) is 29.8 Å². The Labute approximate surface area is 192 Å². The molecule has 0 saturated heterocycles. The lowest BCUT2D eigenvalue weighted by atomic mass is 10.2. The van der Waals surface area contributed by atoms with Gasteiger partial charge in [-0.2, -0.15) is 0 Å². The Morgan fingerprint density at radius 2 is 1.71 bits per heavy atom. The van der Waals surface area contributed by atoms with Gasteiger partial charge in [0.25, 0.3) is 0 Å². The van der Waals surface area contributed by atoms with Crippen molar-refractivity contribution < 1.29 is 13.9 Å². The van der Waals surface area contributed by atoms with Gasteiger partial charge in [0.2, 0.25) is 0 Å². The SMILES string of the molecule is Fc1ccc(Nc2ncnc3cc(OCCBr)c(OCCBr)cc23)cc1CI. The number of benzene rings is 2. The zero-order chi connectivity index (χ0) is 19.9. The number of nitrogens with zero attached hydrogens (tertiary/aromatic N) is 2. The molecule has 1 N–H and O–H groups in total. The minimum atomic E-state index is -0.216. The fourth-order valence-electron chi connectivity index (χ4n) is 2.58. The highest BCUT2D eigenvalue weighted by molar-refractivity contribution is 14.1. The number of rotatable bonds is 9. The summed E-state index contributed by atoms with van der Waals surface area (Å²) in [4.78, 5) is 8.71. The van der Waals surface area contributed by atoms with E-state index >= 15 is 0 Å². The van der Waals surface area contributed by atoms with E-state index < -0.39 is 0 Å². The van der Waals surface area contributed by atoms with Crippen LogP contribution in [0.3, 0.4) is 0 Å². The van der Waals surface area contributed by atoms with Gasteiger partial charge >= 0.3 is 0 Å². The fourth-order valence-corrected chi connectivity index (χ4v) is 3.49. The Bertz CT molecular complexity index is 962. The third kappa shape index (κ3) is 5.24. The molecule has 0 radical (unpaired) electrons. The largest absolute Gasteiger partial charge is 0.489 e. The molecular weight excluding hydrogens is 608 g/mol. The first-order valence-electron chi connectivity index (χ1n) is 8.44. The minimum Gasteiger partial charge on any atom is -0.489 e. The summed E-state index contributed by atoms with van der Waals surface area (Å²) >= 11 is 8.87. The number of halogens is 4. The highest BCUT2D eigenvalue weighted by Crippen LogP contribution is 2.35. The van der Waals surface area contributed by atoms with E-state index in [1.54, 1.807) is 12.1 Å². The van der Waals surface area contributed by atoms with Gasteiger partial charge in [-0.1, -0.05) is 54.5 Å². The Kier molecular flexibility index (Phi) is 8.10. The molecule has 3 aromatic rings. The second-order valence-electron chi connectivity index (χ2n) is 5.68. The lowest BCUT2D eigenvalue weighted by Crippen LogP contribution is -2.04. The van der Waals surface area contributed by atoms with Crippen LogP contribution in [0.1, 0.15) is 5.56 Å². The van der Waals surface area contributed by atoms with E-state index in [9.17, 15) is 4.39 Å². The predicted octanol–water partition coefficient (Wildman–Crippen LogP) is 5.99. The van der Waals surface area contributed by atoms with Crippen molar-refractivity contribution >= 4 is 76.9 Å². The topological polar surface area (TPSA) is 56.3 Å². The van der Waals surface area contributed by atoms with Gasteiger partial charge in [0, 0.05) is 32.2 Å². The summed E-state index contributed by atoms with van der Waals surface area (Å²) in [5.41, 5.74) is 2.12. The molecule has 148 valence electrons. The molecule has 0 aliphatic rings. The minimum absolute atomic E-state index is 0.216. The number of anilines is 2. The van der Waals surface area contributed by atoms with Crippen LogP contribution < -0.4 is 14.8 Å². The maximum absolute atomic E-state index is 13.8. The van der Waals surface area contributed by atoms with Crippen molar-refractivity contribution in [3.8, 4) is 11.5 Å². The predicted molar refractivity (Wildman–Crippen MR) is 126 cm³/mol. The van der Waals surface area contributed by atoms with Crippen molar-refractivity contribution in [1.82, 2.24) is 9.97 Å². The number of hydrogen-bond acceptors (Lipinski definition) is 5. The van der Waals surface area contributed by atoms with Gasteiger partial charge in [0.15, 0.2) is 11.5 Å². The van der Waals surface area contributed by atoms with Crippen LogP contribution in [0, 0.1) is 5.82 Å². The Morgan fingerprint density at radius 1 is 1.00 bits per heavy atom. The summed E-state index contributed by atoms with van der Waals surface area (Å²) in [5.74, 6) is 1.66. The summed E-state index contributed by atoms with van der Waals surface area (Å²) < 4.78 is 26.0. The van der Waals surface area contributed by atoms with Crippen molar-refractivity contribution in [3.63, 3.8) is 0 Å².